The number of rotatable bonds is 3. The van der Waals surface area contributed by atoms with E-state index < -0.39 is 5.82 Å². The highest BCUT2D eigenvalue weighted by Gasteiger charge is 2.18. The quantitative estimate of drug-likeness (QED) is 0.945. The molecular formula is C14H13ClFN3O. The second kappa shape index (κ2) is 5.88. The molecule has 0 bridgehead atoms. The summed E-state index contributed by atoms with van der Waals surface area (Å²) in [6, 6.07) is 7.35. The van der Waals surface area contributed by atoms with Gasteiger partial charge in [0.25, 0.3) is 5.91 Å². The van der Waals surface area contributed by atoms with Gasteiger partial charge in [-0.05, 0) is 24.3 Å². The average Bonchev–Trinajstić information content (AvgIpc) is 2.46. The molecule has 0 aliphatic carbocycles. The molecule has 2 rings (SSSR count). The summed E-state index contributed by atoms with van der Waals surface area (Å²) in [5.74, 6) is -0.205. The minimum Gasteiger partial charge on any atom is -0.373 e. The molecule has 0 radical (unpaired) electrons. The van der Waals surface area contributed by atoms with Gasteiger partial charge in [-0.25, -0.2) is 9.37 Å². The van der Waals surface area contributed by atoms with Crippen molar-refractivity contribution >= 4 is 29.0 Å². The lowest BCUT2D eigenvalue weighted by Gasteiger charge is -2.18. The van der Waals surface area contributed by atoms with E-state index in [1.54, 1.807) is 32.3 Å². The molecule has 0 atom stereocenters. The van der Waals surface area contributed by atoms with E-state index >= 15 is 0 Å². The van der Waals surface area contributed by atoms with Gasteiger partial charge in [0.1, 0.15) is 11.6 Å². The molecule has 0 spiro atoms. The molecule has 1 amide bonds. The third-order valence-electron chi connectivity index (χ3n) is 2.84. The maximum Gasteiger partial charge on any atom is 0.259 e. The molecule has 0 aliphatic rings. The predicted molar refractivity (Wildman–Crippen MR) is 77.9 cm³/mol. The van der Waals surface area contributed by atoms with Gasteiger partial charge in [-0.3, -0.25) is 4.79 Å². The van der Waals surface area contributed by atoms with Crippen LogP contribution in [0.15, 0.2) is 36.5 Å². The fourth-order valence-corrected chi connectivity index (χ4v) is 1.91. The molecule has 1 aromatic carbocycles. The Morgan fingerprint density at radius 2 is 2.15 bits per heavy atom. The van der Waals surface area contributed by atoms with E-state index in [4.69, 9.17) is 11.6 Å². The molecule has 20 heavy (non-hydrogen) atoms. The molecule has 104 valence electrons. The van der Waals surface area contributed by atoms with Gasteiger partial charge in [0, 0.05) is 26.0 Å². The molecule has 1 N–H and O–H groups in total. The molecular weight excluding hydrogens is 281 g/mol. The first-order valence-electron chi connectivity index (χ1n) is 5.90. The maximum atomic E-state index is 13.2. The van der Waals surface area contributed by atoms with Crippen molar-refractivity contribution in [3.8, 4) is 0 Å². The SMILES string of the molecule is CNc1cc(C(=O)N(C)c2cccc(F)c2)c(Cl)cn1. The molecule has 4 nitrogen and oxygen atoms in total. The minimum atomic E-state index is -0.404. The molecule has 0 saturated heterocycles. The van der Waals surface area contributed by atoms with Crippen LogP contribution in [0.5, 0.6) is 0 Å². The van der Waals surface area contributed by atoms with Gasteiger partial charge in [0.2, 0.25) is 0 Å². The Balaban J connectivity index is 2.36. The van der Waals surface area contributed by atoms with Crippen molar-refractivity contribution in [2.24, 2.45) is 0 Å². The third-order valence-corrected chi connectivity index (χ3v) is 3.14. The number of pyridine rings is 1. The zero-order valence-electron chi connectivity index (χ0n) is 11.0. The molecule has 0 fully saturated rings. The maximum absolute atomic E-state index is 13.2. The Labute approximate surface area is 121 Å². The number of anilines is 2. The van der Waals surface area contributed by atoms with Gasteiger partial charge in [-0.1, -0.05) is 17.7 Å². The van der Waals surface area contributed by atoms with Crippen molar-refractivity contribution in [1.82, 2.24) is 4.98 Å². The first-order valence-corrected chi connectivity index (χ1v) is 6.27. The number of hydrogen-bond acceptors (Lipinski definition) is 3. The molecule has 0 saturated carbocycles. The highest BCUT2D eigenvalue weighted by Crippen LogP contribution is 2.22. The fourth-order valence-electron chi connectivity index (χ4n) is 1.72. The second-order valence-electron chi connectivity index (χ2n) is 4.14. The number of carbonyl (C=O) groups is 1. The van der Waals surface area contributed by atoms with Crippen molar-refractivity contribution in [3.05, 3.63) is 52.9 Å². The van der Waals surface area contributed by atoms with Crippen molar-refractivity contribution in [1.29, 1.82) is 0 Å². The Hall–Kier alpha value is -2.14. The number of nitrogens with one attached hydrogen (secondary N) is 1. The summed E-state index contributed by atoms with van der Waals surface area (Å²) >= 11 is 6.00. The normalized spacial score (nSPS) is 10.2. The highest BCUT2D eigenvalue weighted by atomic mass is 35.5. The van der Waals surface area contributed by atoms with Crippen LogP contribution in [0.1, 0.15) is 10.4 Å². The Morgan fingerprint density at radius 1 is 1.40 bits per heavy atom. The second-order valence-corrected chi connectivity index (χ2v) is 4.55. The predicted octanol–water partition coefficient (Wildman–Crippen LogP) is 3.19. The van der Waals surface area contributed by atoms with Crippen LogP contribution >= 0.6 is 11.6 Å². The van der Waals surface area contributed by atoms with Crippen LogP contribution in [0.3, 0.4) is 0 Å². The first-order chi connectivity index (χ1) is 9.52. The van der Waals surface area contributed by atoms with E-state index in [0.717, 1.165) is 0 Å². The van der Waals surface area contributed by atoms with Gasteiger partial charge in [-0.15, -0.1) is 0 Å². The number of aromatic nitrogens is 1. The van der Waals surface area contributed by atoms with Crippen LogP contribution in [0.2, 0.25) is 5.02 Å². The number of hydrogen-bond donors (Lipinski definition) is 1. The number of carbonyl (C=O) groups excluding carboxylic acids is 1. The molecule has 1 heterocycles. The van der Waals surface area contributed by atoms with Gasteiger partial charge < -0.3 is 10.2 Å². The standard InChI is InChI=1S/C14H13ClFN3O/c1-17-13-7-11(12(15)8-18-13)14(20)19(2)10-5-3-4-9(16)6-10/h3-8H,1-2H3,(H,17,18). The van der Waals surface area contributed by atoms with E-state index in [0.29, 0.717) is 17.1 Å². The molecule has 0 unspecified atom stereocenters. The lowest BCUT2D eigenvalue weighted by Crippen LogP contribution is -2.26. The molecule has 0 aliphatic heterocycles. The smallest absolute Gasteiger partial charge is 0.259 e. The van der Waals surface area contributed by atoms with E-state index in [-0.39, 0.29) is 10.9 Å². The largest absolute Gasteiger partial charge is 0.373 e. The molecule has 6 heteroatoms. The summed E-state index contributed by atoms with van der Waals surface area (Å²) in [6.07, 6.45) is 1.40. The summed E-state index contributed by atoms with van der Waals surface area (Å²) in [5.41, 5.74) is 0.756. The minimum absolute atomic E-state index is 0.247. The van der Waals surface area contributed by atoms with Crippen LogP contribution in [-0.4, -0.2) is 25.0 Å². The Kier molecular flexibility index (Phi) is 4.20. The van der Waals surface area contributed by atoms with Crippen LogP contribution in [0.4, 0.5) is 15.9 Å². The number of amides is 1. The average molecular weight is 294 g/mol. The summed E-state index contributed by atoms with van der Waals surface area (Å²) in [4.78, 5) is 17.8. The van der Waals surface area contributed by atoms with E-state index in [2.05, 4.69) is 10.3 Å². The summed E-state index contributed by atoms with van der Waals surface area (Å²) in [7, 11) is 3.26. The summed E-state index contributed by atoms with van der Waals surface area (Å²) in [6.45, 7) is 0. The van der Waals surface area contributed by atoms with Crippen molar-refractivity contribution in [2.45, 2.75) is 0 Å². The lowest BCUT2D eigenvalue weighted by molar-refractivity contribution is 0.0993. The number of halogens is 2. The lowest BCUT2D eigenvalue weighted by atomic mass is 10.2. The zero-order chi connectivity index (χ0) is 14.7. The topological polar surface area (TPSA) is 45.2 Å². The fraction of sp³-hybridized carbons (Fsp3) is 0.143. The highest BCUT2D eigenvalue weighted by molar-refractivity contribution is 6.34. The first kappa shape index (κ1) is 14.3. The summed E-state index contributed by atoms with van der Waals surface area (Å²) in [5, 5.41) is 3.08. The summed E-state index contributed by atoms with van der Waals surface area (Å²) < 4.78 is 13.2. The van der Waals surface area contributed by atoms with E-state index in [1.807, 2.05) is 0 Å². The molecule has 1 aromatic heterocycles. The number of benzene rings is 1. The van der Waals surface area contributed by atoms with Crippen molar-refractivity contribution in [3.63, 3.8) is 0 Å². The van der Waals surface area contributed by atoms with Gasteiger partial charge in [0.05, 0.1) is 10.6 Å². The van der Waals surface area contributed by atoms with Gasteiger partial charge >= 0.3 is 0 Å². The van der Waals surface area contributed by atoms with Gasteiger partial charge in [-0.2, -0.15) is 0 Å². The zero-order valence-corrected chi connectivity index (χ0v) is 11.8. The van der Waals surface area contributed by atoms with Crippen LogP contribution in [0.25, 0.3) is 0 Å². The van der Waals surface area contributed by atoms with Crippen LogP contribution < -0.4 is 10.2 Å². The van der Waals surface area contributed by atoms with Crippen LogP contribution in [0, 0.1) is 5.82 Å². The van der Waals surface area contributed by atoms with Gasteiger partial charge in [0.15, 0.2) is 0 Å². The number of nitrogens with zero attached hydrogens (tertiary/aromatic N) is 2. The Morgan fingerprint density at radius 3 is 2.80 bits per heavy atom. The van der Waals surface area contributed by atoms with E-state index in [9.17, 15) is 9.18 Å². The molecule has 2 aromatic rings. The monoisotopic (exact) mass is 293 g/mol. The Bertz CT molecular complexity index is 648. The van der Waals surface area contributed by atoms with E-state index in [1.165, 1.54) is 23.2 Å². The third kappa shape index (κ3) is 2.88. The van der Waals surface area contributed by atoms with Crippen LogP contribution in [-0.2, 0) is 0 Å². The van der Waals surface area contributed by atoms with Crippen molar-refractivity contribution in [2.75, 3.05) is 24.3 Å². The van der Waals surface area contributed by atoms with Crippen molar-refractivity contribution < 1.29 is 9.18 Å².